The van der Waals surface area contributed by atoms with Gasteiger partial charge in [0.25, 0.3) is 0 Å². The number of aromatic nitrogens is 2. The van der Waals surface area contributed by atoms with Crippen molar-refractivity contribution in [3.05, 3.63) is 60.4 Å². The fraction of sp³-hybridized carbons (Fsp3) is 0.350. The zero-order valence-corrected chi connectivity index (χ0v) is 14.1. The third-order valence-electron chi connectivity index (χ3n) is 5.08. The molecule has 0 unspecified atom stereocenters. The fourth-order valence-corrected chi connectivity index (χ4v) is 3.56. The minimum absolute atomic E-state index is 0.0107. The Kier molecular flexibility index (Phi) is 4.53. The number of benzene rings is 2. The third kappa shape index (κ3) is 3.44. The van der Waals surface area contributed by atoms with Crippen molar-refractivity contribution in [2.24, 2.45) is 5.92 Å². The lowest BCUT2D eigenvalue weighted by atomic mass is 9.94. The Hall–Kier alpha value is -2.21. The molecule has 0 amide bonds. The van der Waals surface area contributed by atoms with Crippen LogP contribution < -0.4 is 0 Å². The van der Waals surface area contributed by atoms with Crippen molar-refractivity contribution in [1.82, 2.24) is 14.7 Å². The number of fused-ring (bicyclic) bond motifs is 1. The molecule has 0 spiro atoms. The van der Waals surface area contributed by atoms with Gasteiger partial charge in [-0.05, 0) is 35.9 Å². The molecule has 2 N–H and O–H groups in total. The van der Waals surface area contributed by atoms with Crippen molar-refractivity contribution in [2.75, 3.05) is 19.7 Å². The van der Waals surface area contributed by atoms with Gasteiger partial charge in [0.1, 0.15) is 0 Å². The van der Waals surface area contributed by atoms with Crippen molar-refractivity contribution < 1.29 is 10.2 Å². The lowest BCUT2D eigenvalue weighted by molar-refractivity contribution is -0.00444. The SMILES string of the molecule is OC[C@H]1CCN(Cc2cnn(-c3ccc4ccccc4c3)c2)C[C@H]1O. The van der Waals surface area contributed by atoms with Crippen LogP contribution in [0.3, 0.4) is 0 Å². The van der Waals surface area contributed by atoms with Gasteiger partial charge >= 0.3 is 0 Å². The molecule has 130 valence electrons. The zero-order valence-electron chi connectivity index (χ0n) is 14.1. The molecular formula is C20H23N3O2. The Balaban J connectivity index is 1.48. The maximum atomic E-state index is 10.1. The van der Waals surface area contributed by atoms with Crippen LogP contribution in [-0.2, 0) is 6.54 Å². The average molecular weight is 337 g/mol. The molecule has 25 heavy (non-hydrogen) atoms. The summed E-state index contributed by atoms with van der Waals surface area (Å²) in [6, 6.07) is 14.6. The van der Waals surface area contributed by atoms with Gasteiger partial charge in [-0.25, -0.2) is 4.68 Å². The largest absolute Gasteiger partial charge is 0.396 e. The highest BCUT2D eigenvalue weighted by Gasteiger charge is 2.27. The third-order valence-corrected chi connectivity index (χ3v) is 5.08. The number of nitrogens with zero attached hydrogens (tertiary/aromatic N) is 3. The van der Waals surface area contributed by atoms with E-state index in [1.54, 1.807) is 0 Å². The molecule has 1 aliphatic rings. The molecule has 0 saturated carbocycles. The van der Waals surface area contributed by atoms with Crippen LogP contribution in [0.5, 0.6) is 0 Å². The first-order valence-electron chi connectivity index (χ1n) is 8.77. The molecule has 0 radical (unpaired) electrons. The summed E-state index contributed by atoms with van der Waals surface area (Å²) in [4.78, 5) is 2.22. The summed E-state index contributed by atoms with van der Waals surface area (Å²) in [7, 11) is 0. The summed E-state index contributed by atoms with van der Waals surface area (Å²) in [6.07, 6.45) is 4.32. The summed E-state index contributed by atoms with van der Waals surface area (Å²) < 4.78 is 1.90. The van der Waals surface area contributed by atoms with Crippen LogP contribution in [0.2, 0.25) is 0 Å². The van der Waals surface area contributed by atoms with Gasteiger partial charge in [-0.3, -0.25) is 4.90 Å². The number of piperidine rings is 1. The summed E-state index contributed by atoms with van der Waals surface area (Å²) in [5.74, 6) is 0.0107. The Labute approximate surface area is 147 Å². The van der Waals surface area contributed by atoms with Gasteiger partial charge in [0.15, 0.2) is 0 Å². The molecule has 1 aliphatic heterocycles. The van der Waals surface area contributed by atoms with Gasteiger partial charge in [-0.15, -0.1) is 0 Å². The molecule has 1 aromatic heterocycles. The van der Waals surface area contributed by atoms with Gasteiger partial charge in [-0.2, -0.15) is 5.10 Å². The van der Waals surface area contributed by atoms with Gasteiger partial charge in [0, 0.05) is 37.4 Å². The number of hydrogen-bond acceptors (Lipinski definition) is 4. The number of hydrogen-bond donors (Lipinski definition) is 2. The first-order chi connectivity index (χ1) is 12.2. The number of β-amino-alcohol motifs (C(OH)–C–C–N with tert-alkyl or cyclic N) is 1. The smallest absolute Gasteiger partial charge is 0.0717 e. The normalized spacial score (nSPS) is 21.7. The molecule has 0 bridgehead atoms. The van der Waals surface area contributed by atoms with Crippen molar-refractivity contribution in [2.45, 2.75) is 19.1 Å². The van der Waals surface area contributed by atoms with Gasteiger partial charge in [-0.1, -0.05) is 30.3 Å². The zero-order chi connectivity index (χ0) is 17.2. The quantitative estimate of drug-likeness (QED) is 0.766. The fourth-order valence-electron chi connectivity index (χ4n) is 3.56. The number of aliphatic hydroxyl groups excluding tert-OH is 2. The number of likely N-dealkylation sites (tertiary alicyclic amines) is 1. The van der Waals surface area contributed by atoms with Crippen molar-refractivity contribution in [3.8, 4) is 5.69 Å². The molecular weight excluding hydrogens is 314 g/mol. The van der Waals surface area contributed by atoms with E-state index in [4.69, 9.17) is 0 Å². The second-order valence-electron chi connectivity index (χ2n) is 6.86. The van der Waals surface area contributed by atoms with Crippen LogP contribution in [0.4, 0.5) is 0 Å². The second-order valence-corrected chi connectivity index (χ2v) is 6.86. The molecule has 0 aliphatic carbocycles. The van der Waals surface area contributed by atoms with E-state index in [-0.39, 0.29) is 12.5 Å². The van der Waals surface area contributed by atoms with Crippen molar-refractivity contribution in [3.63, 3.8) is 0 Å². The average Bonchev–Trinajstić information content (AvgIpc) is 3.10. The van der Waals surface area contributed by atoms with Crippen molar-refractivity contribution in [1.29, 1.82) is 0 Å². The summed E-state index contributed by atoms with van der Waals surface area (Å²) in [5.41, 5.74) is 2.17. The maximum Gasteiger partial charge on any atom is 0.0717 e. The second kappa shape index (κ2) is 6.96. The van der Waals surface area contributed by atoms with Gasteiger partial charge in [0.05, 0.1) is 18.0 Å². The minimum Gasteiger partial charge on any atom is -0.396 e. The van der Waals surface area contributed by atoms with E-state index in [1.165, 1.54) is 10.8 Å². The van der Waals surface area contributed by atoms with Crippen molar-refractivity contribution >= 4 is 10.8 Å². The Morgan fingerprint density at radius 3 is 2.76 bits per heavy atom. The summed E-state index contributed by atoms with van der Waals surface area (Å²) >= 11 is 0. The van der Waals surface area contributed by atoms with Crippen LogP contribution in [-0.4, -0.2) is 50.7 Å². The first-order valence-corrected chi connectivity index (χ1v) is 8.77. The Bertz CT molecular complexity index is 861. The highest BCUT2D eigenvalue weighted by Crippen LogP contribution is 2.21. The lowest BCUT2D eigenvalue weighted by Crippen LogP contribution is -2.44. The molecule has 3 aromatic rings. The van der Waals surface area contributed by atoms with Crippen LogP contribution >= 0.6 is 0 Å². The molecule has 2 aromatic carbocycles. The van der Waals surface area contributed by atoms with Crippen LogP contribution in [0.25, 0.3) is 16.5 Å². The molecule has 2 heterocycles. The topological polar surface area (TPSA) is 61.5 Å². The lowest BCUT2D eigenvalue weighted by Gasteiger charge is -2.34. The van der Waals surface area contributed by atoms with E-state index < -0.39 is 6.10 Å². The van der Waals surface area contributed by atoms with Gasteiger partial charge in [0.2, 0.25) is 0 Å². The van der Waals surface area contributed by atoms with E-state index in [2.05, 4.69) is 46.5 Å². The van der Waals surface area contributed by atoms with E-state index >= 15 is 0 Å². The summed E-state index contributed by atoms with van der Waals surface area (Å²) in [5, 5.41) is 26.2. The molecule has 5 nitrogen and oxygen atoms in total. The van der Waals surface area contributed by atoms with E-state index in [1.807, 2.05) is 23.0 Å². The molecule has 2 atom stereocenters. The van der Waals surface area contributed by atoms with E-state index in [0.717, 1.165) is 30.8 Å². The van der Waals surface area contributed by atoms with E-state index in [0.29, 0.717) is 6.54 Å². The van der Waals surface area contributed by atoms with Crippen LogP contribution in [0.15, 0.2) is 54.9 Å². The standard InChI is InChI=1S/C20H23N3O2/c24-14-18-7-8-22(13-20(18)25)11-15-10-21-23(12-15)19-6-5-16-3-1-2-4-17(16)9-19/h1-6,9-10,12,18,20,24-25H,7-8,11,13-14H2/t18-,20-/m1/s1. The molecule has 1 fully saturated rings. The predicted molar refractivity (Wildman–Crippen MR) is 97.5 cm³/mol. The van der Waals surface area contributed by atoms with Crippen LogP contribution in [0, 0.1) is 5.92 Å². The highest BCUT2D eigenvalue weighted by atomic mass is 16.3. The Morgan fingerprint density at radius 1 is 1.12 bits per heavy atom. The predicted octanol–water partition coefficient (Wildman–Crippen LogP) is 2.20. The number of aliphatic hydroxyl groups is 2. The maximum absolute atomic E-state index is 10.1. The van der Waals surface area contributed by atoms with E-state index in [9.17, 15) is 10.2 Å². The molecule has 1 saturated heterocycles. The first kappa shape index (κ1) is 16.3. The summed E-state index contributed by atoms with van der Waals surface area (Å²) in [6.45, 7) is 2.33. The van der Waals surface area contributed by atoms with Gasteiger partial charge < -0.3 is 10.2 Å². The number of rotatable bonds is 4. The molecule has 4 rings (SSSR count). The Morgan fingerprint density at radius 2 is 1.96 bits per heavy atom. The minimum atomic E-state index is -0.450. The highest BCUT2D eigenvalue weighted by molar-refractivity contribution is 5.84. The van der Waals surface area contributed by atoms with Crippen LogP contribution in [0.1, 0.15) is 12.0 Å². The molecule has 5 heteroatoms. The monoisotopic (exact) mass is 337 g/mol.